The Morgan fingerprint density at radius 3 is 3.10 bits per heavy atom. The topological polar surface area (TPSA) is 45.5 Å². The van der Waals surface area contributed by atoms with E-state index in [1.807, 2.05) is 24.4 Å². The number of pyridine rings is 1. The summed E-state index contributed by atoms with van der Waals surface area (Å²) in [5.41, 5.74) is 0.931. The number of nitrogens with zero attached hydrogens (tertiary/aromatic N) is 4. The van der Waals surface area contributed by atoms with Crippen LogP contribution in [-0.4, -0.2) is 51.7 Å². The average molecular weight is 287 g/mol. The van der Waals surface area contributed by atoms with Gasteiger partial charge in [-0.2, -0.15) is 0 Å². The van der Waals surface area contributed by atoms with Crippen LogP contribution in [0.4, 0.5) is 0 Å². The lowest BCUT2D eigenvalue weighted by Gasteiger charge is -2.18. The van der Waals surface area contributed by atoms with Crippen LogP contribution in [0.25, 0.3) is 5.65 Å². The lowest BCUT2D eigenvalue weighted by atomic mass is 10.1. The van der Waals surface area contributed by atoms with Crippen LogP contribution in [0, 0.1) is 0 Å². The minimum Gasteiger partial charge on any atom is -0.313 e. The minimum atomic E-state index is 0.653. The monoisotopic (exact) mass is 287 g/mol. The zero-order valence-corrected chi connectivity index (χ0v) is 12.8. The maximum absolute atomic E-state index is 4.29. The number of aromatic nitrogens is 3. The Morgan fingerprint density at radius 2 is 2.19 bits per heavy atom. The molecule has 2 aromatic rings. The van der Waals surface area contributed by atoms with Crippen molar-refractivity contribution in [2.24, 2.45) is 0 Å². The molecule has 1 unspecified atom stereocenters. The molecule has 0 bridgehead atoms. The van der Waals surface area contributed by atoms with Gasteiger partial charge in [-0.3, -0.25) is 4.40 Å². The fraction of sp³-hybridized carbons (Fsp3) is 0.625. The Kier molecular flexibility index (Phi) is 4.83. The fourth-order valence-corrected chi connectivity index (χ4v) is 3.13. The molecule has 0 spiro atoms. The van der Waals surface area contributed by atoms with E-state index in [0.717, 1.165) is 24.4 Å². The van der Waals surface area contributed by atoms with Gasteiger partial charge < -0.3 is 10.2 Å². The van der Waals surface area contributed by atoms with Crippen LogP contribution < -0.4 is 5.32 Å². The predicted octanol–water partition coefficient (Wildman–Crippen LogP) is 1.74. The SMILES string of the molecule is CCN1CCCC(NCCc2nnc3ccccn23)CC1. The molecule has 1 aliphatic rings. The van der Waals surface area contributed by atoms with Gasteiger partial charge in [0.05, 0.1) is 0 Å². The van der Waals surface area contributed by atoms with Crippen molar-refractivity contribution in [3.63, 3.8) is 0 Å². The third-order valence-electron chi connectivity index (χ3n) is 4.43. The first kappa shape index (κ1) is 14.5. The second-order valence-corrected chi connectivity index (χ2v) is 5.81. The molecule has 0 aromatic carbocycles. The van der Waals surface area contributed by atoms with Crippen molar-refractivity contribution < 1.29 is 0 Å². The molecule has 1 saturated heterocycles. The molecule has 1 fully saturated rings. The molecule has 1 aliphatic heterocycles. The maximum atomic E-state index is 4.29. The van der Waals surface area contributed by atoms with Crippen molar-refractivity contribution in [2.45, 2.75) is 38.6 Å². The van der Waals surface area contributed by atoms with E-state index in [1.165, 1.54) is 38.9 Å². The molecule has 5 heteroatoms. The minimum absolute atomic E-state index is 0.653. The molecule has 114 valence electrons. The van der Waals surface area contributed by atoms with E-state index in [-0.39, 0.29) is 0 Å². The maximum Gasteiger partial charge on any atom is 0.160 e. The second-order valence-electron chi connectivity index (χ2n) is 5.81. The Balaban J connectivity index is 1.49. The van der Waals surface area contributed by atoms with Gasteiger partial charge in [0.1, 0.15) is 5.82 Å². The van der Waals surface area contributed by atoms with E-state index < -0.39 is 0 Å². The third kappa shape index (κ3) is 3.60. The number of nitrogens with one attached hydrogen (secondary N) is 1. The Morgan fingerprint density at radius 1 is 1.24 bits per heavy atom. The molecule has 0 radical (unpaired) electrons. The van der Waals surface area contributed by atoms with Gasteiger partial charge in [-0.05, 0) is 51.0 Å². The normalized spacial score (nSPS) is 20.7. The molecule has 5 nitrogen and oxygen atoms in total. The van der Waals surface area contributed by atoms with Crippen LogP contribution in [0.2, 0.25) is 0 Å². The van der Waals surface area contributed by atoms with Gasteiger partial charge in [-0.1, -0.05) is 13.0 Å². The van der Waals surface area contributed by atoms with Gasteiger partial charge in [-0.15, -0.1) is 10.2 Å². The van der Waals surface area contributed by atoms with Gasteiger partial charge in [0.2, 0.25) is 0 Å². The summed E-state index contributed by atoms with van der Waals surface area (Å²) in [4.78, 5) is 2.55. The number of fused-ring (bicyclic) bond motifs is 1. The van der Waals surface area contributed by atoms with Crippen molar-refractivity contribution in [1.29, 1.82) is 0 Å². The van der Waals surface area contributed by atoms with Crippen molar-refractivity contribution in [3.8, 4) is 0 Å². The van der Waals surface area contributed by atoms with Crippen molar-refractivity contribution in [1.82, 2.24) is 24.8 Å². The number of rotatable bonds is 5. The second kappa shape index (κ2) is 7.00. The van der Waals surface area contributed by atoms with Crippen LogP contribution >= 0.6 is 0 Å². The summed E-state index contributed by atoms with van der Waals surface area (Å²) < 4.78 is 2.08. The van der Waals surface area contributed by atoms with Gasteiger partial charge in [0.15, 0.2) is 5.65 Å². The third-order valence-corrected chi connectivity index (χ3v) is 4.43. The predicted molar refractivity (Wildman–Crippen MR) is 84.4 cm³/mol. The lowest BCUT2D eigenvalue weighted by molar-refractivity contribution is 0.297. The first-order valence-corrected chi connectivity index (χ1v) is 8.11. The molecule has 2 aromatic heterocycles. The first-order valence-electron chi connectivity index (χ1n) is 8.11. The molecular formula is C16H25N5. The molecule has 0 saturated carbocycles. The Labute approximate surface area is 126 Å². The highest BCUT2D eigenvalue weighted by Crippen LogP contribution is 2.11. The van der Waals surface area contributed by atoms with Crippen LogP contribution in [0.3, 0.4) is 0 Å². The number of hydrogen-bond donors (Lipinski definition) is 1. The van der Waals surface area contributed by atoms with Crippen LogP contribution in [-0.2, 0) is 6.42 Å². The van der Waals surface area contributed by atoms with E-state index in [4.69, 9.17) is 0 Å². The van der Waals surface area contributed by atoms with E-state index >= 15 is 0 Å². The van der Waals surface area contributed by atoms with Crippen LogP contribution in [0.15, 0.2) is 24.4 Å². The van der Waals surface area contributed by atoms with Crippen molar-refractivity contribution in [2.75, 3.05) is 26.2 Å². The van der Waals surface area contributed by atoms with Gasteiger partial charge in [-0.25, -0.2) is 0 Å². The van der Waals surface area contributed by atoms with Crippen LogP contribution in [0.5, 0.6) is 0 Å². The first-order chi connectivity index (χ1) is 10.4. The molecule has 3 rings (SSSR count). The summed E-state index contributed by atoms with van der Waals surface area (Å²) in [5.74, 6) is 1.04. The smallest absolute Gasteiger partial charge is 0.160 e. The van der Waals surface area contributed by atoms with E-state index in [2.05, 4.69) is 31.7 Å². The average Bonchev–Trinajstić information content (AvgIpc) is 2.78. The number of hydrogen-bond acceptors (Lipinski definition) is 4. The Hall–Kier alpha value is -1.46. The molecule has 0 amide bonds. The van der Waals surface area contributed by atoms with Gasteiger partial charge >= 0.3 is 0 Å². The quantitative estimate of drug-likeness (QED) is 0.910. The standard InChI is InChI=1S/C16H25N5/c1-2-20-11-5-6-14(9-13-20)17-10-8-16-19-18-15-7-3-4-12-21(15)16/h3-4,7,12,14,17H,2,5-6,8-11,13H2,1H3. The van der Waals surface area contributed by atoms with Gasteiger partial charge in [0, 0.05) is 25.2 Å². The van der Waals surface area contributed by atoms with Crippen molar-refractivity contribution in [3.05, 3.63) is 30.2 Å². The summed E-state index contributed by atoms with van der Waals surface area (Å²) in [6.45, 7) is 6.89. The molecular weight excluding hydrogens is 262 g/mol. The molecule has 1 atom stereocenters. The lowest BCUT2D eigenvalue weighted by Crippen LogP contribution is -2.32. The fourth-order valence-electron chi connectivity index (χ4n) is 3.13. The zero-order chi connectivity index (χ0) is 14.5. The van der Waals surface area contributed by atoms with Gasteiger partial charge in [0.25, 0.3) is 0 Å². The highest BCUT2D eigenvalue weighted by molar-refractivity contribution is 5.36. The highest BCUT2D eigenvalue weighted by atomic mass is 15.2. The van der Waals surface area contributed by atoms with Crippen LogP contribution in [0.1, 0.15) is 32.0 Å². The molecule has 0 aliphatic carbocycles. The number of likely N-dealkylation sites (tertiary alicyclic amines) is 1. The highest BCUT2D eigenvalue weighted by Gasteiger charge is 2.15. The molecule has 21 heavy (non-hydrogen) atoms. The molecule has 1 N–H and O–H groups in total. The summed E-state index contributed by atoms with van der Waals surface area (Å²) in [7, 11) is 0. The van der Waals surface area contributed by atoms with Crippen molar-refractivity contribution >= 4 is 5.65 Å². The summed E-state index contributed by atoms with van der Waals surface area (Å²) in [6.07, 6.45) is 6.82. The largest absolute Gasteiger partial charge is 0.313 e. The van der Waals surface area contributed by atoms with E-state index in [0.29, 0.717) is 6.04 Å². The summed E-state index contributed by atoms with van der Waals surface area (Å²) >= 11 is 0. The summed E-state index contributed by atoms with van der Waals surface area (Å²) in [5, 5.41) is 12.2. The summed E-state index contributed by atoms with van der Waals surface area (Å²) in [6, 6.07) is 6.67. The van der Waals surface area contributed by atoms with E-state index in [1.54, 1.807) is 0 Å². The van der Waals surface area contributed by atoms with E-state index in [9.17, 15) is 0 Å². The molecule has 3 heterocycles. The zero-order valence-electron chi connectivity index (χ0n) is 12.8. The Bertz CT molecular complexity index is 565.